The molecule has 13 heavy (non-hydrogen) atoms. The van der Waals surface area contributed by atoms with Crippen LogP contribution in [0.3, 0.4) is 0 Å². The summed E-state index contributed by atoms with van der Waals surface area (Å²) in [5.41, 5.74) is 0. The zero-order chi connectivity index (χ0) is 10.4. The van der Waals surface area contributed by atoms with Crippen LogP contribution in [-0.2, 0) is 9.59 Å². The molecular formula is C8H16N2O3. The van der Waals surface area contributed by atoms with Crippen molar-refractivity contribution in [1.82, 2.24) is 9.96 Å². The molecule has 0 saturated carbocycles. The van der Waals surface area contributed by atoms with Crippen molar-refractivity contribution in [2.45, 2.75) is 19.8 Å². The van der Waals surface area contributed by atoms with Crippen molar-refractivity contribution in [2.24, 2.45) is 0 Å². The number of carbonyl (C=O) groups is 2. The van der Waals surface area contributed by atoms with Gasteiger partial charge in [-0.2, -0.15) is 0 Å². The van der Waals surface area contributed by atoms with Crippen molar-refractivity contribution < 1.29 is 14.8 Å². The van der Waals surface area contributed by atoms with Gasteiger partial charge in [-0.25, -0.2) is 5.06 Å². The third-order valence-corrected chi connectivity index (χ3v) is 1.40. The lowest BCUT2D eigenvalue weighted by Crippen LogP contribution is -2.35. The predicted octanol–water partition coefficient (Wildman–Crippen LogP) is 0.0925. The van der Waals surface area contributed by atoms with Crippen molar-refractivity contribution >= 4 is 11.7 Å². The van der Waals surface area contributed by atoms with E-state index in [0.717, 1.165) is 0 Å². The molecule has 0 radical (unpaired) electrons. The van der Waals surface area contributed by atoms with E-state index in [2.05, 4.69) is 0 Å². The highest BCUT2D eigenvalue weighted by Crippen LogP contribution is 1.96. The average Bonchev–Trinajstić information content (AvgIpc) is 1.98. The van der Waals surface area contributed by atoms with E-state index in [9.17, 15) is 9.59 Å². The van der Waals surface area contributed by atoms with Crippen molar-refractivity contribution in [2.75, 3.05) is 20.8 Å². The molecule has 1 amide bonds. The SMILES string of the molecule is CC(=O)CCC(=O)N(O)CN(C)C. The lowest BCUT2D eigenvalue weighted by molar-refractivity contribution is -0.172. The van der Waals surface area contributed by atoms with Gasteiger partial charge in [0.05, 0.1) is 6.67 Å². The highest BCUT2D eigenvalue weighted by molar-refractivity contribution is 5.82. The summed E-state index contributed by atoms with van der Waals surface area (Å²) in [4.78, 5) is 23.3. The molecule has 1 N–H and O–H groups in total. The second-order valence-corrected chi connectivity index (χ2v) is 3.22. The van der Waals surface area contributed by atoms with E-state index < -0.39 is 5.91 Å². The Balaban J connectivity index is 3.76. The van der Waals surface area contributed by atoms with E-state index in [1.807, 2.05) is 0 Å². The molecule has 5 nitrogen and oxygen atoms in total. The number of hydrogen-bond donors (Lipinski definition) is 1. The van der Waals surface area contributed by atoms with E-state index in [1.165, 1.54) is 6.92 Å². The van der Waals surface area contributed by atoms with Crippen LogP contribution in [0.5, 0.6) is 0 Å². The van der Waals surface area contributed by atoms with E-state index in [1.54, 1.807) is 19.0 Å². The Labute approximate surface area is 77.9 Å². The Morgan fingerprint density at radius 1 is 1.23 bits per heavy atom. The summed E-state index contributed by atoms with van der Waals surface area (Å²) in [6.07, 6.45) is 0.253. The molecule has 0 aliphatic heterocycles. The number of ketones is 1. The third-order valence-electron chi connectivity index (χ3n) is 1.40. The van der Waals surface area contributed by atoms with Crippen molar-refractivity contribution in [3.8, 4) is 0 Å². The Bertz CT molecular complexity index is 192. The first-order valence-electron chi connectivity index (χ1n) is 4.07. The van der Waals surface area contributed by atoms with E-state index in [-0.39, 0.29) is 25.3 Å². The molecule has 0 spiro atoms. The molecule has 0 aliphatic rings. The largest absolute Gasteiger partial charge is 0.300 e. The monoisotopic (exact) mass is 188 g/mol. The number of nitrogens with zero attached hydrogens (tertiary/aromatic N) is 2. The summed E-state index contributed by atoms with van der Waals surface area (Å²) in [6.45, 7) is 1.57. The molecule has 0 aromatic heterocycles. The van der Waals surface area contributed by atoms with Crippen LogP contribution in [0.15, 0.2) is 0 Å². The average molecular weight is 188 g/mol. The van der Waals surface area contributed by atoms with E-state index in [4.69, 9.17) is 5.21 Å². The van der Waals surface area contributed by atoms with Gasteiger partial charge >= 0.3 is 0 Å². The molecule has 0 saturated heterocycles. The molecule has 0 aromatic rings. The number of rotatable bonds is 5. The molecule has 0 rings (SSSR count). The van der Waals surface area contributed by atoms with Crippen molar-refractivity contribution in [1.29, 1.82) is 0 Å². The minimum atomic E-state index is -0.427. The number of hydroxylamine groups is 2. The van der Waals surface area contributed by atoms with Gasteiger partial charge in [-0.1, -0.05) is 0 Å². The van der Waals surface area contributed by atoms with Crippen LogP contribution in [0.2, 0.25) is 0 Å². The second kappa shape index (κ2) is 5.66. The fourth-order valence-electron chi connectivity index (χ4n) is 0.759. The maximum absolute atomic E-state index is 11.1. The number of amides is 1. The van der Waals surface area contributed by atoms with Crippen LogP contribution < -0.4 is 0 Å². The summed E-state index contributed by atoms with van der Waals surface area (Å²) in [5, 5.41) is 9.75. The molecule has 0 aromatic carbocycles. The molecule has 0 heterocycles. The Kier molecular flexibility index (Phi) is 5.25. The first-order chi connectivity index (χ1) is 5.93. The van der Waals surface area contributed by atoms with Crippen LogP contribution in [0.1, 0.15) is 19.8 Å². The second-order valence-electron chi connectivity index (χ2n) is 3.22. The van der Waals surface area contributed by atoms with Gasteiger partial charge in [-0.3, -0.25) is 14.9 Å². The smallest absolute Gasteiger partial charge is 0.247 e. The number of Topliss-reactive ketones (excluding diaryl/α,β-unsaturated/α-hetero) is 1. The summed E-state index contributed by atoms with van der Waals surface area (Å²) >= 11 is 0. The number of hydrogen-bond acceptors (Lipinski definition) is 4. The van der Waals surface area contributed by atoms with Gasteiger partial charge < -0.3 is 4.79 Å². The molecule has 76 valence electrons. The standard InChI is InChI=1S/C8H16N2O3/c1-7(11)4-5-8(12)10(13)6-9(2)3/h13H,4-6H2,1-3H3. The third kappa shape index (κ3) is 6.24. The van der Waals surface area contributed by atoms with E-state index >= 15 is 0 Å². The molecule has 0 fully saturated rings. The first-order valence-corrected chi connectivity index (χ1v) is 4.07. The van der Waals surface area contributed by atoms with E-state index in [0.29, 0.717) is 5.06 Å². The summed E-state index contributed by atoms with van der Waals surface area (Å²) < 4.78 is 0. The predicted molar refractivity (Wildman–Crippen MR) is 47.1 cm³/mol. The van der Waals surface area contributed by atoms with Gasteiger partial charge in [-0.05, 0) is 21.0 Å². The van der Waals surface area contributed by atoms with Gasteiger partial charge in [-0.15, -0.1) is 0 Å². The van der Waals surface area contributed by atoms with Crippen LogP contribution in [0.25, 0.3) is 0 Å². The van der Waals surface area contributed by atoms with Gasteiger partial charge in [0.25, 0.3) is 0 Å². The van der Waals surface area contributed by atoms with Crippen LogP contribution in [-0.4, -0.2) is 47.6 Å². The molecule has 0 aliphatic carbocycles. The van der Waals surface area contributed by atoms with Gasteiger partial charge in [0.2, 0.25) is 5.91 Å². The minimum absolute atomic E-state index is 0.0494. The lowest BCUT2D eigenvalue weighted by atomic mass is 10.2. The van der Waals surface area contributed by atoms with Gasteiger partial charge in [0.15, 0.2) is 0 Å². The van der Waals surface area contributed by atoms with Crippen LogP contribution in [0.4, 0.5) is 0 Å². The first kappa shape index (κ1) is 12.1. The lowest BCUT2D eigenvalue weighted by Gasteiger charge is -2.18. The van der Waals surface area contributed by atoms with Crippen molar-refractivity contribution in [3.63, 3.8) is 0 Å². The van der Waals surface area contributed by atoms with Crippen LogP contribution in [0, 0.1) is 0 Å². The van der Waals surface area contributed by atoms with Gasteiger partial charge in [0.1, 0.15) is 5.78 Å². The fourth-order valence-corrected chi connectivity index (χ4v) is 0.759. The molecule has 0 bridgehead atoms. The van der Waals surface area contributed by atoms with Gasteiger partial charge in [0, 0.05) is 12.8 Å². The zero-order valence-corrected chi connectivity index (χ0v) is 8.28. The Morgan fingerprint density at radius 3 is 2.15 bits per heavy atom. The quantitative estimate of drug-likeness (QED) is 0.377. The fraction of sp³-hybridized carbons (Fsp3) is 0.750. The highest BCUT2D eigenvalue weighted by atomic mass is 16.5. The maximum Gasteiger partial charge on any atom is 0.247 e. The normalized spacial score (nSPS) is 10.2. The van der Waals surface area contributed by atoms with Crippen molar-refractivity contribution in [3.05, 3.63) is 0 Å². The maximum atomic E-state index is 11.1. The highest BCUT2D eigenvalue weighted by Gasteiger charge is 2.11. The molecule has 0 atom stereocenters. The summed E-state index contributed by atoms with van der Waals surface area (Å²) in [6, 6.07) is 0. The Hall–Kier alpha value is -0.940. The molecule has 5 heteroatoms. The summed E-state index contributed by atoms with van der Waals surface area (Å²) in [7, 11) is 3.48. The molecular weight excluding hydrogens is 172 g/mol. The van der Waals surface area contributed by atoms with Crippen LogP contribution >= 0.6 is 0 Å². The minimum Gasteiger partial charge on any atom is -0.300 e. The molecule has 0 unspecified atom stereocenters. The topological polar surface area (TPSA) is 60.9 Å². The zero-order valence-electron chi connectivity index (χ0n) is 8.28. The number of carbonyl (C=O) groups excluding carboxylic acids is 2. The summed E-state index contributed by atoms with van der Waals surface area (Å²) in [5.74, 6) is -0.476. The Morgan fingerprint density at radius 2 is 1.77 bits per heavy atom.